The first-order valence-corrected chi connectivity index (χ1v) is 9.34. The van der Waals surface area contributed by atoms with Gasteiger partial charge in [0.1, 0.15) is 16.9 Å². The minimum atomic E-state index is -0.638. The number of fused-ring (bicyclic) bond motifs is 1. The Kier molecular flexibility index (Phi) is 5.25. The number of carbonyl (C=O) groups is 1. The van der Waals surface area contributed by atoms with E-state index in [2.05, 4.69) is 27.2 Å². The average Bonchev–Trinajstić information content (AvgIpc) is 2.94. The predicted molar refractivity (Wildman–Crippen MR) is 100 cm³/mol. The summed E-state index contributed by atoms with van der Waals surface area (Å²) in [6.07, 6.45) is 2.07. The SMILES string of the molecule is N#Cc1c(N)sc2c1C(C(=O)ON=C(N)c1ccc(Br)cc1F)CCC2. The van der Waals surface area contributed by atoms with Crippen LogP contribution in [0.25, 0.3) is 0 Å². The first-order chi connectivity index (χ1) is 12.4. The lowest BCUT2D eigenvalue weighted by molar-refractivity contribution is -0.145. The van der Waals surface area contributed by atoms with Crippen molar-refractivity contribution >= 4 is 44.1 Å². The van der Waals surface area contributed by atoms with Gasteiger partial charge in [0.15, 0.2) is 5.84 Å². The van der Waals surface area contributed by atoms with Crippen LogP contribution in [0.15, 0.2) is 27.8 Å². The van der Waals surface area contributed by atoms with Crippen LogP contribution < -0.4 is 11.5 Å². The number of oxime groups is 1. The van der Waals surface area contributed by atoms with Gasteiger partial charge in [-0.3, -0.25) is 0 Å². The molecule has 1 heterocycles. The van der Waals surface area contributed by atoms with Crippen LogP contribution in [0, 0.1) is 17.1 Å². The third-order valence-corrected chi connectivity index (χ3v) is 5.72. The third-order valence-electron chi connectivity index (χ3n) is 4.13. The molecule has 26 heavy (non-hydrogen) atoms. The van der Waals surface area contributed by atoms with Gasteiger partial charge in [-0.05, 0) is 37.5 Å². The van der Waals surface area contributed by atoms with Gasteiger partial charge in [0, 0.05) is 14.9 Å². The molecule has 0 saturated heterocycles. The van der Waals surface area contributed by atoms with Crippen molar-refractivity contribution in [1.29, 1.82) is 5.26 Å². The maximum Gasteiger partial charge on any atom is 0.342 e. The summed E-state index contributed by atoms with van der Waals surface area (Å²) in [7, 11) is 0. The Morgan fingerprint density at radius 2 is 2.27 bits per heavy atom. The number of rotatable bonds is 3. The lowest BCUT2D eigenvalue weighted by Crippen LogP contribution is -2.22. The number of carbonyl (C=O) groups excluding carboxylic acids is 1. The summed E-state index contributed by atoms with van der Waals surface area (Å²) in [5.74, 6) is -2.10. The number of thiophene rings is 1. The molecule has 3 rings (SSSR count). The van der Waals surface area contributed by atoms with Gasteiger partial charge < -0.3 is 16.3 Å². The number of anilines is 1. The van der Waals surface area contributed by atoms with Gasteiger partial charge in [0.2, 0.25) is 0 Å². The van der Waals surface area contributed by atoms with E-state index in [0.717, 1.165) is 17.7 Å². The summed E-state index contributed by atoms with van der Waals surface area (Å²) in [5.41, 5.74) is 12.6. The van der Waals surface area contributed by atoms with Crippen molar-refractivity contribution < 1.29 is 14.0 Å². The molecule has 0 saturated carbocycles. The van der Waals surface area contributed by atoms with E-state index >= 15 is 0 Å². The number of hydrogen-bond donors (Lipinski definition) is 2. The molecular formula is C17H14BrFN4O2S. The van der Waals surface area contributed by atoms with Gasteiger partial charge in [-0.15, -0.1) is 11.3 Å². The molecular weight excluding hydrogens is 423 g/mol. The Morgan fingerprint density at radius 3 is 2.96 bits per heavy atom. The van der Waals surface area contributed by atoms with Crippen LogP contribution >= 0.6 is 27.3 Å². The second-order valence-corrected chi connectivity index (χ2v) is 7.80. The number of hydrogen-bond acceptors (Lipinski definition) is 6. The molecule has 1 aromatic carbocycles. The van der Waals surface area contributed by atoms with E-state index in [-0.39, 0.29) is 11.4 Å². The summed E-state index contributed by atoms with van der Waals surface area (Å²) in [6, 6.07) is 6.32. The maximum absolute atomic E-state index is 13.9. The van der Waals surface area contributed by atoms with E-state index in [9.17, 15) is 14.4 Å². The first kappa shape index (κ1) is 18.4. The highest BCUT2D eigenvalue weighted by molar-refractivity contribution is 9.10. The largest absolute Gasteiger partial charge is 0.389 e. The average molecular weight is 437 g/mol. The van der Waals surface area contributed by atoms with E-state index in [1.54, 1.807) is 6.07 Å². The van der Waals surface area contributed by atoms with Crippen molar-refractivity contribution in [2.24, 2.45) is 10.9 Å². The highest BCUT2D eigenvalue weighted by Gasteiger charge is 2.33. The van der Waals surface area contributed by atoms with Crippen LogP contribution in [0.2, 0.25) is 0 Å². The molecule has 9 heteroatoms. The lowest BCUT2D eigenvalue weighted by Gasteiger charge is -2.20. The number of nitriles is 1. The Hall–Kier alpha value is -2.44. The van der Waals surface area contributed by atoms with E-state index in [4.69, 9.17) is 16.3 Å². The van der Waals surface area contributed by atoms with Crippen LogP contribution in [-0.4, -0.2) is 11.8 Å². The molecule has 0 spiro atoms. The van der Waals surface area contributed by atoms with Crippen molar-refractivity contribution in [3.05, 3.63) is 50.1 Å². The number of nitrogen functional groups attached to an aromatic ring is 1. The zero-order chi connectivity index (χ0) is 18.8. The number of benzene rings is 1. The molecule has 6 nitrogen and oxygen atoms in total. The van der Waals surface area contributed by atoms with Gasteiger partial charge in [0.25, 0.3) is 0 Å². The topological polar surface area (TPSA) is 114 Å². The van der Waals surface area contributed by atoms with Gasteiger partial charge in [0.05, 0.1) is 17.0 Å². The molecule has 1 aliphatic carbocycles. The minimum absolute atomic E-state index is 0.0304. The Morgan fingerprint density at radius 1 is 1.50 bits per heavy atom. The molecule has 0 amide bonds. The fourth-order valence-electron chi connectivity index (χ4n) is 2.93. The second kappa shape index (κ2) is 7.43. The molecule has 4 N–H and O–H groups in total. The third kappa shape index (κ3) is 3.43. The molecule has 0 fully saturated rings. The molecule has 1 atom stereocenters. The normalized spacial score (nSPS) is 16.7. The fraction of sp³-hybridized carbons (Fsp3) is 0.235. The number of nitrogens with zero attached hydrogens (tertiary/aromatic N) is 2. The molecule has 2 aromatic rings. The summed E-state index contributed by atoms with van der Waals surface area (Å²) in [5, 5.41) is 13.3. The van der Waals surface area contributed by atoms with E-state index in [1.807, 2.05) is 0 Å². The van der Waals surface area contributed by atoms with Crippen LogP contribution in [0.5, 0.6) is 0 Å². The van der Waals surface area contributed by atoms with Crippen molar-refractivity contribution in [3.8, 4) is 6.07 Å². The van der Waals surface area contributed by atoms with Crippen molar-refractivity contribution in [2.45, 2.75) is 25.2 Å². The Bertz CT molecular complexity index is 951. The van der Waals surface area contributed by atoms with Crippen molar-refractivity contribution in [1.82, 2.24) is 0 Å². The Balaban J connectivity index is 1.83. The monoisotopic (exact) mass is 436 g/mol. The highest BCUT2D eigenvalue weighted by Crippen LogP contribution is 2.42. The van der Waals surface area contributed by atoms with Crippen LogP contribution in [0.4, 0.5) is 9.39 Å². The van der Waals surface area contributed by atoms with Crippen LogP contribution in [-0.2, 0) is 16.1 Å². The standard InChI is InChI=1S/C17H14BrFN4O2S/c18-8-4-5-9(12(19)6-8)15(21)23-25-17(24)10-2-1-3-13-14(10)11(7-20)16(22)26-13/h4-6,10H,1-3,22H2,(H2,21,23). The smallest absolute Gasteiger partial charge is 0.342 e. The van der Waals surface area contributed by atoms with Crippen molar-refractivity contribution in [2.75, 3.05) is 5.73 Å². The summed E-state index contributed by atoms with van der Waals surface area (Å²) < 4.78 is 14.5. The van der Waals surface area contributed by atoms with Gasteiger partial charge >= 0.3 is 5.97 Å². The molecule has 1 aliphatic rings. The van der Waals surface area contributed by atoms with Crippen molar-refractivity contribution in [3.63, 3.8) is 0 Å². The van der Waals surface area contributed by atoms with Crippen LogP contribution in [0.3, 0.4) is 0 Å². The molecule has 1 unspecified atom stereocenters. The number of amidine groups is 1. The quantitative estimate of drug-likeness (QED) is 0.331. The number of halogens is 2. The molecule has 0 bridgehead atoms. The zero-order valence-corrected chi connectivity index (χ0v) is 15.9. The first-order valence-electron chi connectivity index (χ1n) is 7.73. The molecule has 1 aromatic heterocycles. The highest BCUT2D eigenvalue weighted by atomic mass is 79.9. The maximum atomic E-state index is 13.9. The molecule has 0 radical (unpaired) electrons. The number of aryl methyl sites for hydroxylation is 1. The lowest BCUT2D eigenvalue weighted by atomic mass is 9.85. The number of nitrogens with two attached hydrogens (primary N) is 2. The van der Waals surface area contributed by atoms with Gasteiger partial charge in [-0.25, -0.2) is 9.18 Å². The summed E-state index contributed by atoms with van der Waals surface area (Å²) in [6.45, 7) is 0. The summed E-state index contributed by atoms with van der Waals surface area (Å²) >= 11 is 4.47. The van der Waals surface area contributed by atoms with E-state index in [1.165, 1.54) is 23.5 Å². The zero-order valence-electron chi connectivity index (χ0n) is 13.5. The predicted octanol–water partition coefficient (Wildman–Crippen LogP) is 3.39. The molecule has 134 valence electrons. The van der Waals surface area contributed by atoms with Gasteiger partial charge in [-0.2, -0.15) is 5.26 Å². The van der Waals surface area contributed by atoms with E-state index < -0.39 is 17.7 Å². The Labute approximate surface area is 161 Å². The fourth-order valence-corrected chi connectivity index (χ4v) is 4.39. The van der Waals surface area contributed by atoms with Crippen LogP contribution in [0.1, 0.15) is 40.3 Å². The van der Waals surface area contributed by atoms with E-state index in [0.29, 0.717) is 27.0 Å². The molecule has 0 aliphatic heterocycles. The van der Waals surface area contributed by atoms with Gasteiger partial charge in [-0.1, -0.05) is 21.1 Å². The summed E-state index contributed by atoms with van der Waals surface area (Å²) in [4.78, 5) is 18.3. The minimum Gasteiger partial charge on any atom is -0.389 e. The second-order valence-electron chi connectivity index (χ2n) is 5.75.